The average Bonchev–Trinajstić information content (AvgIpc) is 2.32. The predicted molar refractivity (Wildman–Crippen MR) is 65.8 cm³/mol. The lowest BCUT2D eigenvalue weighted by molar-refractivity contribution is -0.122. The third-order valence-electron chi connectivity index (χ3n) is 2.63. The van der Waals surface area contributed by atoms with E-state index in [0.29, 0.717) is 12.1 Å². The summed E-state index contributed by atoms with van der Waals surface area (Å²) < 4.78 is 25.7. The van der Waals surface area contributed by atoms with Crippen molar-refractivity contribution in [2.45, 2.75) is 11.8 Å². The lowest BCUT2D eigenvalue weighted by atomic mass is 10.3. The Bertz CT molecular complexity index is 588. The number of halogens is 1. The number of aromatic nitrogens is 1. The maximum Gasteiger partial charge on any atom is 0.245 e. The van der Waals surface area contributed by atoms with E-state index in [1.54, 1.807) is 6.92 Å². The Hall–Kier alpha value is -1.18. The summed E-state index contributed by atoms with van der Waals surface area (Å²) in [4.78, 5) is 15.1. The van der Waals surface area contributed by atoms with Crippen LogP contribution in [0.5, 0.6) is 0 Å². The molecule has 1 N–H and O–H groups in total. The van der Waals surface area contributed by atoms with Gasteiger partial charge in [0.2, 0.25) is 15.9 Å². The second-order valence-corrected chi connectivity index (χ2v) is 6.26. The Kier molecular flexibility index (Phi) is 3.56. The molecular weight excluding hydrogens is 278 g/mol. The summed E-state index contributed by atoms with van der Waals surface area (Å²) in [6.07, 6.45) is 1.21. The fourth-order valence-electron chi connectivity index (χ4n) is 1.64. The number of carbonyl (C=O) groups is 1. The molecule has 18 heavy (non-hydrogen) atoms. The summed E-state index contributed by atoms with van der Waals surface area (Å²) in [5.41, 5.74) is 0.583. The minimum absolute atomic E-state index is 0.0547. The molecule has 1 amide bonds. The molecule has 0 aliphatic carbocycles. The van der Waals surface area contributed by atoms with Crippen molar-refractivity contribution in [1.82, 2.24) is 14.6 Å². The quantitative estimate of drug-likeness (QED) is 0.787. The molecule has 1 aromatic heterocycles. The van der Waals surface area contributed by atoms with Crippen LogP contribution in [0.3, 0.4) is 0 Å². The van der Waals surface area contributed by atoms with Crippen molar-refractivity contribution in [1.29, 1.82) is 0 Å². The van der Waals surface area contributed by atoms with Gasteiger partial charge in [0.05, 0.1) is 6.54 Å². The number of amides is 1. The summed E-state index contributed by atoms with van der Waals surface area (Å²) in [6, 6.07) is 1.46. The number of pyridine rings is 1. The van der Waals surface area contributed by atoms with Gasteiger partial charge in [0.15, 0.2) is 0 Å². The van der Waals surface area contributed by atoms with Crippen molar-refractivity contribution in [3.8, 4) is 0 Å². The first-order valence-corrected chi connectivity index (χ1v) is 7.12. The Morgan fingerprint density at radius 1 is 1.50 bits per heavy atom. The Morgan fingerprint density at radius 3 is 2.83 bits per heavy atom. The largest absolute Gasteiger partial charge is 0.354 e. The number of piperazine rings is 1. The molecule has 0 saturated carbocycles. The molecule has 6 nitrogen and oxygen atoms in total. The summed E-state index contributed by atoms with van der Waals surface area (Å²) in [7, 11) is -3.68. The third-order valence-corrected chi connectivity index (χ3v) is 4.84. The second kappa shape index (κ2) is 4.83. The topological polar surface area (TPSA) is 79.4 Å². The van der Waals surface area contributed by atoms with Gasteiger partial charge >= 0.3 is 0 Å². The standard InChI is InChI=1S/C10H12ClN3O3S/c1-7-4-8(5-13-10(7)11)18(16,17)14-3-2-12-9(15)6-14/h4-5H,2-3,6H2,1H3,(H,12,15). The summed E-state index contributed by atoms with van der Waals surface area (Å²) in [6.45, 7) is 2.09. The van der Waals surface area contributed by atoms with Crippen LogP contribution in [0.25, 0.3) is 0 Å². The number of carbonyl (C=O) groups excluding carboxylic acids is 1. The number of aryl methyl sites for hydroxylation is 1. The number of rotatable bonds is 2. The van der Waals surface area contributed by atoms with Crippen molar-refractivity contribution in [3.05, 3.63) is 23.0 Å². The number of nitrogens with one attached hydrogen (secondary N) is 1. The molecule has 1 fully saturated rings. The van der Waals surface area contributed by atoms with Gasteiger partial charge in [-0.25, -0.2) is 13.4 Å². The molecule has 0 unspecified atom stereocenters. The fraction of sp³-hybridized carbons (Fsp3) is 0.400. The molecule has 0 spiro atoms. The van der Waals surface area contributed by atoms with Crippen LogP contribution in [0.15, 0.2) is 17.2 Å². The molecule has 0 bridgehead atoms. The van der Waals surface area contributed by atoms with E-state index in [-0.39, 0.29) is 29.0 Å². The summed E-state index contributed by atoms with van der Waals surface area (Å²) >= 11 is 5.76. The van der Waals surface area contributed by atoms with Crippen LogP contribution >= 0.6 is 11.6 Å². The number of hydrogen-bond acceptors (Lipinski definition) is 4. The van der Waals surface area contributed by atoms with E-state index in [1.807, 2.05) is 0 Å². The molecule has 98 valence electrons. The third kappa shape index (κ3) is 2.47. The lowest BCUT2D eigenvalue weighted by Crippen LogP contribution is -2.49. The molecule has 1 saturated heterocycles. The maximum absolute atomic E-state index is 12.3. The second-order valence-electron chi connectivity index (χ2n) is 3.97. The van der Waals surface area contributed by atoms with Gasteiger partial charge in [0, 0.05) is 19.3 Å². The highest BCUT2D eigenvalue weighted by molar-refractivity contribution is 7.89. The monoisotopic (exact) mass is 289 g/mol. The Morgan fingerprint density at radius 2 is 2.22 bits per heavy atom. The molecule has 1 aliphatic heterocycles. The van der Waals surface area contributed by atoms with E-state index in [1.165, 1.54) is 12.3 Å². The van der Waals surface area contributed by atoms with Gasteiger partial charge in [0.25, 0.3) is 0 Å². The van der Waals surface area contributed by atoms with Crippen LogP contribution in [0.2, 0.25) is 5.15 Å². The van der Waals surface area contributed by atoms with Crippen molar-refractivity contribution in [2.75, 3.05) is 19.6 Å². The lowest BCUT2D eigenvalue weighted by Gasteiger charge is -2.25. The van der Waals surface area contributed by atoms with Crippen LogP contribution in [-0.4, -0.2) is 43.2 Å². The molecule has 1 aliphatic rings. The SMILES string of the molecule is Cc1cc(S(=O)(=O)N2CCNC(=O)C2)cnc1Cl. The molecule has 2 heterocycles. The molecule has 1 aromatic rings. The fourth-order valence-corrected chi connectivity index (χ4v) is 3.17. The zero-order chi connectivity index (χ0) is 13.3. The van der Waals surface area contributed by atoms with Crippen molar-refractivity contribution >= 4 is 27.5 Å². The zero-order valence-corrected chi connectivity index (χ0v) is 11.3. The van der Waals surface area contributed by atoms with Crippen LogP contribution in [0.1, 0.15) is 5.56 Å². The first-order valence-electron chi connectivity index (χ1n) is 5.30. The van der Waals surface area contributed by atoms with E-state index in [2.05, 4.69) is 10.3 Å². The summed E-state index contributed by atoms with van der Waals surface area (Å²) in [5, 5.41) is 2.84. The number of nitrogens with zero attached hydrogens (tertiary/aromatic N) is 2. The van der Waals surface area contributed by atoms with Crippen LogP contribution in [-0.2, 0) is 14.8 Å². The van der Waals surface area contributed by atoms with E-state index in [9.17, 15) is 13.2 Å². The van der Waals surface area contributed by atoms with E-state index < -0.39 is 10.0 Å². The van der Waals surface area contributed by atoms with Crippen LogP contribution in [0.4, 0.5) is 0 Å². The molecule has 8 heteroatoms. The van der Waals surface area contributed by atoms with E-state index in [4.69, 9.17) is 11.6 Å². The zero-order valence-electron chi connectivity index (χ0n) is 9.68. The smallest absolute Gasteiger partial charge is 0.245 e. The molecule has 2 rings (SSSR count). The van der Waals surface area contributed by atoms with Gasteiger partial charge in [-0.2, -0.15) is 4.31 Å². The van der Waals surface area contributed by atoms with Gasteiger partial charge < -0.3 is 5.32 Å². The number of hydrogen-bond donors (Lipinski definition) is 1. The van der Waals surface area contributed by atoms with E-state index in [0.717, 1.165) is 4.31 Å². The van der Waals surface area contributed by atoms with Crippen molar-refractivity contribution < 1.29 is 13.2 Å². The Balaban J connectivity index is 2.35. The van der Waals surface area contributed by atoms with Crippen molar-refractivity contribution in [3.63, 3.8) is 0 Å². The minimum Gasteiger partial charge on any atom is -0.354 e. The van der Waals surface area contributed by atoms with Gasteiger partial charge in [0.1, 0.15) is 10.0 Å². The maximum atomic E-state index is 12.3. The first kappa shape index (κ1) is 13.3. The molecule has 0 aromatic carbocycles. The normalized spacial score (nSPS) is 17.6. The van der Waals surface area contributed by atoms with Gasteiger partial charge in [-0.1, -0.05) is 11.6 Å². The van der Waals surface area contributed by atoms with Gasteiger partial charge in [-0.15, -0.1) is 0 Å². The van der Waals surface area contributed by atoms with Gasteiger partial charge in [-0.05, 0) is 18.6 Å². The molecular formula is C10H12ClN3O3S. The molecule has 0 atom stereocenters. The molecule has 0 radical (unpaired) electrons. The average molecular weight is 290 g/mol. The highest BCUT2D eigenvalue weighted by atomic mass is 35.5. The first-order chi connectivity index (χ1) is 8.41. The minimum atomic E-state index is -3.68. The van der Waals surface area contributed by atoms with Crippen LogP contribution in [0, 0.1) is 6.92 Å². The van der Waals surface area contributed by atoms with Crippen LogP contribution < -0.4 is 5.32 Å². The van der Waals surface area contributed by atoms with Crippen molar-refractivity contribution in [2.24, 2.45) is 0 Å². The van der Waals surface area contributed by atoms with E-state index >= 15 is 0 Å². The highest BCUT2D eigenvalue weighted by Gasteiger charge is 2.29. The predicted octanol–water partition coefficient (Wildman–Crippen LogP) is 0.164. The highest BCUT2D eigenvalue weighted by Crippen LogP contribution is 2.20. The summed E-state index contributed by atoms with van der Waals surface area (Å²) in [5.74, 6) is -0.302. The number of sulfonamides is 1. The van der Waals surface area contributed by atoms with Gasteiger partial charge in [-0.3, -0.25) is 4.79 Å². The Labute approximate surface area is 110 Å².